The highest BCUT2D eigenvalue weighted by Crippen LogP contribution is 2.33. The van der Waals surface area contributed by atoms with Crippen molar-refractivity contribution in [3.8, 4) is 0 Å². The molecule has 1 aliphatic heterocycles. The van der Waals surface area contributed by atoms with Crippen LogP contribution in [0.3, 0.4) is 0 Å². The van der Waals surface area contributed by atoms with Crippen LogP contribution in [-0.4, -0.2) is 36.9 Å². The lowest BCUT2D eigenvalue weighted by Crippen LogP contribution is -2.41. The standard InChI is InChI=1S/C19H24N4O2.HI/c1-19(14-6-4-3-5-7-14)10-11-23(13-19)18(21-2)22-12-15-8-9-16(25-15)17(20)24;/h3-9H,10-13H2,1-2H3,(H2,20,24)(H,21,22);1H. The largest absolute Gasteiger partial charge is 0.454 e. The van der Waals surface area contributed by atoms with Crippen LogP contribution < -0.4 is 11.1 Å². The summed E-state index contributed by atoms with van der Waals surface area (Å²) < 4.78 is 5.40. The van der Waals surface area contributed by atoms with Crippen molar-refractivity contribution in [3.05, 3.63) is 59.5 Å². The Kier molecular flexibility index (Phi) is 6.69. The number of nitrogens with one attached hydrogen (secondary N) is 1. The third kappa shape index (κ3) is 4.38. The summed E-state index contributed by atoms with van der Waals surface area (Å²) in [5, 5.41) is 3.30. The number of primary amides is 1. The van der Waals surface area contributed by atoms with Gasteiger partial charge >= 0.3 is 0 Å². The first-order valence-corrected chi connectivity index (χ1v) is 8.41. The first-order valence-electron chi connectivity index (χ1n) is 8.41. The Hall–Kier alpha value is -2.03. The Morgan fingerprint density at radius 1 is 1.31 bits per heavy atom. The zero-order valence-corrected chi connectivity index (χ0v) is 17.4. The first-order chi connectivity index (χ1) is 12.0. The lowest BCUT2D eigenvalue weighted by atomic mass is 9.82. The number of aliphatic imine (C=N–C) groups is 1. The van der Waals surface area contributed by atoms with E-state index in [0.29, 0.717) is 12.3 Å². The highest BCUT2D eigenvalue weighted by Gasteiger charge is 2.36. The summed E-state index contributed by atoms with van der Waals surface area (Å²) in [5.74, 6) is 1.09. The van der Waals surface area contributed by atoms with Crippen LogP contribution in [0.5, 0.6) is 0 Å². The Morgan fingerprint density at radius 3 is 2.65 bits per heavy atom. The summed E-state index contributed by atoms with van der Waals surface area (Å²) in [4.78, 5) is 17.7. The van der Waals surface area contributed by atoms with E-state index in [1.807, 2.05) is 6.07 Å². The number of amides is 1. The van der Waals surface area contributed by atoms with E-state index in [4.69, 9.17) is 10.2 Å². The van der Waals surface area contributed by atoms with Crippen LogP contribution >= 0.6 is 24.0 Å². The van der Waals surface area contributed by atoms with Crippen LogP contribution in [0.1, 0.15) is 35.2 Å². The lowest BCUT2D eigenvalue weighted by Gasteiger charge is -2.27. The number of benzene rings is 1. The molecule has 2 heterocycles. The zero-order chi connectivity index (χ0) is 17.9. The summed E-state index contributed by atoms with van der Waals surface area (Å²) in [7, 11) is 1.78. The maximum Gasteiger partial charge on any atom is 0.284 e. The smallest absolute Gasteiger partial charge is 0.284 e. The maximum absolute atomic E-state index is 11.1. The molecule has 0 aliphatic carbocycles. The van der Waals surface area contributed by atoms with Crippen molar-refractivity contribution in [2.75, 3.05) is 20.1 Å². The molecule has 0 radical (unpaired) electrons. The summed E-state index contributed by atoms with van der Waals surface area (Å²) in [6.45, 7) is 4.59. The molecule has 3 rings (SSSR count). The number of hydrogen-bond donors (Lipinski definition) is 2. The van der Waals surface area contributed by atoms with Crippen LogP contribution in [-0.2, 0) is 12.0 Å². The molecular formula is C19H25IN4O2. The molecule has 0 spiro atoms. The van der Waals surface area contributed by atoms with E-state index in [-0.39, 0.29) is 35.2 Å². The van der Waals surface area contributed by atoms with Crippen molar-refractivity contribution in [2.45, 2.75) is 25.3 Å². The van der Waals surface area contributed by atoms with Gasteiger partial charge in [0.05, 0.1) is 6.54 Å². The molecule has 0 bridgehead atoms. The van der Waals surface area contributed by atoms with Crippen molar-refractivity contribution in [1.82, 2.24) is 10.2 Å². The Balaban J connectivity index is 0.00000243. The van der Waals surface area contributed by atoms with Crippen LogP contribution in [0.2, 0.25) is 0 Å². The zero-order valence-electron chi connectivity index (χ0n) is 15.1. The molecule has 0 saturated carbocycles. The summed E-state index contributed by atoms with van der Waals surface area (Å²) in [6, 6.07) is 13.9. The van der Waals surface area contributed by atoms with Crippen LogP contribution in [0.25, 0.3) is 0 Å². The van der Waals surface area contributed by atoms with Gasteiger partial charge in [0.15, 0.2) is 11.7 Å². The molecule has 1 fully saturated rings. The van der Waals surface area contributed by atoms with Crippen molar-refractivity contribution < 1.29 is 9.21 Å². The van der Waals surface area contributed by atoms with E-state index in [1.54, 1.807) is 19.2 Å². The van der Waals surface area contributed by atoms with Gasteiger partial charge in [-0.15, -0.1) is 24.0 Å². The fourth-order valence-corrected chi connectivity index (χ4v) is 3.32. The predicted molar refractivity (Wildman–Crippen MR) is 113 cm³/mol. The normalized spacial score (nSPS) is 19.9. The predicted octanol–water partition coefficient (Wildman–Crippen LogP) is 2.74. The SMILES string of the molecule is CN=C(NCc1ccc(C(N)=O)o1)N1CCC(C)(c2ccccc2)C1.I. The molecule has 7 heteroatoms. The van der Waals surface area contributed by atoms with Crippen LogP contribution in [0, 0.1) is 0 Å². The van der Waals surface area contributed by atoms with Crippen molar-refractivity contribution in [2.24, 2.45) is 10.7 Å². The number of carbonyl (C=O) groups excluding carboxylic acids is 1. The van der Waals surface area contributed by atoms with E-state index in [0.717, 1.165) is 25.5 Å². The second-order valence-electron chi connectivity index (χ2n) is 6.63. The topological polar surface area (TPSA) is 83.9 Å². The number of guanidine groups is 1. The van der Waals surface area contributed by atoms with Gasteiger partial charge in [0.25, 0.3) is 5.91 Å². The maximum atomic E-state index is 11.1. The van der Waals surface area contributed by atoms with E-state index in [1.165, 1.54) is 5.56 Å². The first kappa shape index (κ1) is 20.3. The average Bonchev–Trinajstić information content (AvgIpc) is 3.25. The summed E-state index contributed by atoms with van der Waals surface area (Å²) >= 11 is 0. The monoisotopic (exact) mass is 468 g/mol. The number of likely N-dealkylation sites (tertiary alicyclic amines) is 1. The minimum absolute atomic E-state index is 0. The molecule has 140 valence electrons. The van der Waals surface area contributed by atoms with Gasteiger partial charge in [-0.25, -0.2) is 0 Å². The van der Waals surface area contributed by atoms with E-state index in [2.05, 4.69) is 46.4 Å². The highest BCUT2D eigenvalue weighted by molar-refractivity contribution is 14.0. The van der Waals surface area contributed by atoms with Crippen LogP contribution in [0.15, 0.2) is 51.9 Å². The molecule has 1 atom stereocenters. The number of rotatable bonds is 4. The van der Waals surface area contributed by atoms with Crippen molar-refractivity contribution >= 4 is 35.8 Å². The summed E-state index contributed by atoms with van der Waals surface area (Å²) in [6.07, 6.45) is 1.07. The molecule has 1 amide bonds. The average molecular weight is 468 g/mol. The molecule has 1 saturated heterocycles. The third-order valence-electron chi connectivity index (χ3n) is 4.78. The molecule has 2 aromatic rings. The minimum atomic E-state index is -0.561. The van der Waals surface area contributed by atoms with Gasteiger partial charge < -0.3 is 20.4 Å². The van der Waals surface area contributed by atoms with Gasteiger partial charge in [-0.2, -0.15) is 0 Å². The molecule has 1 aromatic heterocycles. The van der Waals surface area contributed by atoms with Crippen molar-refractivity contribution in [3.63, 3.8) is 0 Å². The molecule has 1 aliphatic rings. The van der Waals surface area contributed by atoms with Gasteiger partial charge in [-0.05, 0) is 24.1 Å². The van der Waals surface area contributed by atoms with E-state index >= 15 is 0 Å². The van der Waals surface area contributed by atoms with Gasteiger partial charge in [0.1, 0.15) is 5.76 Å². The number of hydrogen-bond acceptors (Lipinski definition) is 3. The fraction of sp³-hybridized carbons (Fsp3) is 0.368. The Morgan fingerprint density at radius 2 is 2.04 bits per heavy atom. The quantitative estimate of drug-likeness (QED) is 0.411. The number of halogens is 1. The second-order valence-corrected chi connectivity index (χ2v) is 6.63. The third-order valence-corrected chi connectivity index (χ3v) is 4.78. The van der Waals surface area contributed by atoms with Crippen LogP contribution in [0.4, 0.5) is 0 Å². The van der Waals surface area contributed by atoms with Gasteiger partial charge in [0.2, 0.25) is 0 Å². The number of nitrogens with zero attached hydrogens (tertiary/aromatic N) is 2. The highest BCUT2D eigenvalue weighted by atomic mass is 127. The minimum Gasteiger partial charge on any atom is -0.454 e. The summed E-state index contributed by atoms with van der Waals surface area (Å²) in [5.41, 5.74) is 6.67. The van der Waals surface area contributed by atoms with Gasteiger partial charge in [-0.1, -0.05) is 37.3 Å². The van der Waals surface area contributed by atoms with Crippen molar-refractivity contribution in [1.29, 1.82) is 0 Å². The second kappa shape index (κ2) is 8.57. The van der Waals surface area contributed by atoms with E-state index < -0.39 is 5.91 Å². The molecule has 3 N–H and O–H groups in total. The molecule has 6 nitrogen and oxygen atoms in total. The number of carbonyl (C=O) groups is 1. The van der Waals surface area contributed by atoms with Gasteiger partial charge in [0, 0.05) is 25.6 Å². The fourth-order valence-electron chi connectivity index (χ4n) is 3.32. The van der Waals surface area contributed by atoms with Gasteiger partial charge in [-0.3, -0.25) is 9.79 Å². The van der Waals surface area contributed by atoms with E-state index in [9.17, 15) is 4.79 Å². The lowest BCUT2D eigenvalue weighted by molar-refractivity contribution is 0.0972. The Bertz CT molecular complexity index is 775. The molecular weight excluding hydrogens is 443 g/mol. The number of nitrogens with two attached hydrogens (primary N) is 1. The molecule has 1 aromatic carbocycles. The molecule has 1 unspecified atom stereocenters. The molecule has 26 heavy (non-hydrogen) atoms. The Labute approximate surface area is 170 Å². The number of furan rings is 1.